The maximum Gasteiger partial charge on any atom is 0.213 e. The molecule has 0 saturated heterocycles. The van der Waals surface area contributed by atoms with Gasteiger partial charge in [-0.2, -0.15) is 5.10 Å². The number of benzene rings is 3. The van der Waals surface area contributed by atoms with Gasteiger partial charge in [-0.15, -0.1) is 5.10 Å². The summed E-state index contributed by atoms with van der Waals surface area (Å²) in [7, 11) is 0. The standard InChI is InChI=1S/C27H28N2O2/c1-2-3-4-11-20-31-25-18-16-22(17-19-25)21-28-29-26(23-12-7-5-8-13-23)27(30)24-14-9-6-10-15-24/h5-10,12-19,21H,2-4,11,20H2,1H3/b28-21-,29-26-. The van der Waals surface area contributed by atoms with E-state index in [-0.39, 0.29) is 5.78 Å². The van der Waals surface area contributed by atoms with Gasteiger partial charge in [0.2, 0.25) is 5.78 Å². The lowest BCUT2D eigenvalue weighted by atomic mass is 10.0. The summed E-state index contributed by atoms with van der Waals surface area (Å²) in [5.74, 6) is 0.692. The molecule has 3 rings (SSSR count). The molecule has 0 aromatic heterocycles. The molecular formula is C27H28N2O2. The largest absolute Gasteiger partial charge is 0.494 e. The number of Topliss-reactive ketones (excluding diaryl/α,β-unsaturated/α-hetero) is 1. The van der Waals surface area contributed by atoms with Gasteiger partial charge in [-0.25, -0.2) is 0 Å². The minimum absolute atomic E-state index is 0.157. The summed E-state index contributed by atoms with van der Waals surface area (Å²) < 4.78 is 5.77. The monoisotopic (exact) mass is 412 g/mol. The zero-order valence-corrected chi connectivity index (χ0v) is 17.9. The molecule has 4 nitrogen and oxygen atoms in total. The molecule has 0 bridgehead atoms. The molecule has 0 aliphatic heterocycles. The van der Waals surface area contributed by atoms with Gasteiger partial charge in [0.25, 0.3) is 0 Å². The smallest absolute Gasteiger partial charge is 0.213 e. The zero-order chi connectivity index (χ0) is 21.7. The van der Waals surface area contributed by atoms with Crippen molar-refractivity contribution in [3.8, 4) is 5.75 Å². The molecule has 0 unspecified atom stereocenters. The third kappa shape index (κ3) is 7.03. The number of ether oxygens (including phenoxy) is 1. The number of ketones is 1. The first-order valence-corrected chi connectivity index (χ1v) is 10.8. The van der Waals surface area contributed by atoms with E-state index in [1.54, 1.807) is 18.3 Å². The van der Waals surface area contributed by atoms with Crippen LogP contribution in [0.15, 0.2) is 95.1 Å². The average Bonchev–Trinajstić information content (AvgIpc) is 2.83. The summed E-state index contributed by atoms with van der Waals surface area (Å²) >= 11 is 0. The van der Waals surface area contributed by atoms with Crippen LogP contribution in [0.5, 0.6) is 5.75 Å². The Morgan fingerprint density at radius 2 is 1.45 bits per heavy atom. The van der Waals surface area contributed by atoms with Gasteiger partial charge >= 0.3 is 0 Å². The number of hydrogen-bond donors (Lipinski definition) is 0. The molecule has 4 heteroatoms. The molecule has 0 radical (unpaired) electrons. The van der Waals surface area contributed by atoms with Crippen molar-refractivity contribution in [2.45, 2.75) is 32.6 Å². The van der Waals surface area contributed by atoms with Gasteiger partial charge in [-0.3, -0.25) is 4.79 Å². The summed E-state index contributed by atoms with van der Waals surface area (Å²) in [4.78, 5) is 13.0. The van der Waals surface area contributed by atoms with E-state index in [0.717, 1.165) is 29.9 Å². The molecule has 158 valence electrons. The first-order valence-electron chi connectivity index (χ1n) is 10.8. The van der Waals surface area contributed by atoms with Crippen molar-refractivity contribution in [3.63, 3.8) is 0 Å². The van der Waals surface area contributed by atoms with Crippen molar-refractivity contribution in [1.82, 2.24) is 0 Å². The third-order valence-electron chi connectivity index (χ3n) is 4.81. The van der Waals surface area contributed by atoms with Gasteiger partial charge in [0.1, 0.15) is 11.5 Å². The Morgan fingerprint density at radius 1 is 0.806 bits per heavy atom. The van der Waals surface area contributed by atoms with Crippen LogP contribution in [-0.4, -0.2) is 24.3 Å². The molecule has 0 N–H and O–H groups in total. The molecule has 0 aliphatic rings. The van der Waals surface area contributed by atoms with E-state index >= 15 is 0 Å². The summed E-state index contributed by atoms with van der Waals surface area (Å²) in [5, 5.41) is 8.46. The Bertz CT molecular complexity index is 994. The highest BCUT2D eigenvalue weighted by Gasteiger charge is 2.15. The van der Waals surface area contributed by atoms with Crippen LogP contribution in [0.25, 0.3) is 0 Å². The summed E-state index contributed by atoms with van der Waals surface area (Å²) in [6.45, 7) is 2.94. The molecule has 0 aliphatic carbocycles. The Morgan fingerprint density at radius 3 is 2.10 bits per heavy atom. The molecule has 0 amide bonds. The predicted molar refractivity (Wildman–Crippen MR) is 127 cm³/mol. The van der Waals surface area contributed by atoms with Gasteiger partial charge in [-0.05, 0) is 36.2 Å². The second kappa shape index (κ2) is 12.2. The molecule has 0 saturated carbocycles. The topological polar surface area (TPSA) is 51.0 Å². The fourth-order valence-corrected chi connectivity index (χ4v) is 3.08. The van der Waals surface area contributed by atoms with Crippen LogP contribution in [-0.2, 0) is 0 Å². The maximum atomic E-state index is 13.0. The van der Waals surface area contributed by atoms with Gasteiger partial charge < -0.3 is 4.74 Å². The van der Waals surface area contributed by atoms with Gasteiger partial charge in [-0.1, -0.05) is 86.8 Å². The SMILES string of the molecule is CCCCCCOc1ccc(/C=N\N=C(/C(=O)c2ccccc2)c2ccccc2)cc1. The van der Waals surface area contributed by atoms with Crippen molar-refractivity contribution in [3.05, 3.63) is 102 Å². The fraction of sp³-hybridized carbons (Fsp3) is 0.222. The van der Waals surface area contributed by atoms with Crippen LogP contribution < -0.4 is 4.74 Å². The molecular weight excluding hydrogens is 384 g/mol. The van der Waals surface area contributed by atoms with E-state index in [1.165, 1.54) is 19.3 Å². The lowest BCUT2D eigenvalue weighted by Crippen LogP contribution is -2.15. The predicted octanol–water partition coefficient (Wildman–Crippen LogP) is 6.35. The van der Waals surface area contributed by atoms with Crippen molar-refractivity contribution >= 4 is 17.7 Å². The van der Waals surface area contributed by atoms with E-state index < -0.39 is 0 Å². The maximum absolute atomic E-state index is 13.0. The summed E-state index contributed by atoms with van der Waals surface area (Å²) in [6, 6.07) is 26.2. The fourth-order valence-electron chi connectivity index (χ4n) is 3.08. The van der Waals surface area contributed by atoms with E-state index in [9.17, 15) is 4.79 Å². The van der Waals surface area contributed by atoms with Gasteiger partial charge in [0.05, 0.1) is 12.8 Å². The van der Waals surface area contributed by atoms with Crippen LogP contribution in [0.4, 0.5) is 0 Å². The first-order chi connectivity index (χ1) is 15.3. The number of nitrogens with zero attached hydrogens (tertiary/aromatic N) is 2. The summed E-state index contributed by atoms with van der Waals surface area (Å²) in [6.07, 6.45) is 6.39. The van der Waals surface area contributed by atoms with Crippen molar-refractivity contribution in [2.24, 2.45) is 10.2 Å². The molecule has 31 heavy (non-hydrogen) atoms. The number of hydrogen-bond acceptors (Lipinski definition) is 4. The number of carbonyl (C=O) groups is 1. The normalized spacial score (nSPS) is 11.6. The quantitative estimate of drug-likeness (QED) is 0.159. The molecule has 0 spiro atoms. The molecule has 0 atom stereocenters. The van der Waals surface area contributed by atoms with Crippen LogP contribution in [0, 0.1) is 0 Å². The lowest BCUT2D eigenvalue weighted by Gasteiger charge is -2.06. The second-order valence-corrected chi connectivity index (χ2v) is 7.23. The van der Waals surface area contributed by atoms with E-state index in [4.69, 9.17) is 4.74 Å². The van der Waals surface area contributed by atoms with Crippen LogP contribution in [0.1, 0.15) is 54.1 Å². The Hall–Kier alpha value is -3.53. The molecule has 0 fully saturated rings. The molecule has 3 aromatic carbocycles. The Balaban J connectivity index is 1.69. The molecule has 0 heterocycles. The van der Waals surface area contributed by atoms with Crippen molar-refractivity contribution < 1.29 is 9.53 Å². The first kappa shape index (κ1) is 22.2. The molecule has 3 aromatic rings. The van der Waals surface area contributed by atoms with Crippen LogP contribution in [0.3, 0.4) is 0 Å². The number of unbranched alkanes of at least 4 members (excludes halogenated alkanes) is 3. The minimum Gasteiger partial charge on any atom is -0.494 e. The van der Waals surface area contributed by atoms with Gasteiger partial charge in [0.15, 0.2) is 0 Å². The Kier molecular flexibility index (Phi) is 8.74. The highest BCUT2D eigenvalue weighted by Crippen LogP contribution is 2.13. The van der Waals surface area contributed by atoms with Crippen LogP contribution >= 0.6 is 0 Å². The van der Waals surface area contributed by atoms with E-state index in [1.807, 2.05) is 72.8 Å². The third-order valence-corrected chi connectivity index (χ3v) is 4.81. The van der Waals surface area contributed by atoms with Crippen molar-refractivity contribution in [1.29, 1.82) is 0 Å². The van der Waals surface area contributed by atoms with E-state index in [0.29, 0.717) is 11.3 Å². The second-order valence-electron chi connectivity index (χ2n) is 7.23. The Labute approximate surface area is 184 Å². The van der Waals surface area contributed by atoms with Gasteiger partial charge in [0, 0.05) is 11.1 Å². The average molecular weight is 413 g/mol. The van der Waals surface area contributed by atoms with E-state index in [2.05, 4.69) is 17.1 Å². The lowest BCUT2D eigenvalue weighted by molar-refractivity contribution is 0.106. The zero-order valence-electron chi connectivity index (χ0n) is 17.9. The number of rotatable bonds is 11. The highest BCUT2D eigenvalue weighted by molar-refractivity contribution is 6.51. The van der Waals surface area contributed by atoms with Crippen molar-refractivity contribution in [2.75, 3.05) is 6.61 Å². The minimum atomic E-state index is -0.157. The summed E-state index contributed by atoms with van der Waals surface area (Å²) in [5.41, 5.74) is 2.53. The van der Waals surface area contributed by atoms with Crippen LogP contribution in [0.2, 0.25) is 0 Å². The number of carbonyl (C=O) groups excluding carboxylic acids is 1. The highest BCUT2D eigenvalue weighted by atomic mass is 16.5.